The Morgan fingerprint density at radius 1 is 1.22 bits per heavy atom. The second-order valence-corrected chi connectivity index (χ2v) is 7.38. The number of carbonyl (C=O) groups excluding carboxylic acids is 1. The van der Waals surface area contributed by atoms with Crippen molar-refractivity contribution in [3.8, 4) is 0 Å². The largest absolute Gasteiger partial charge is 0.467 e. The van der Waals surface area contributed by atoms with Crippen LogP contribution < -0.4 is 5.32 Å². The van der Waals surface area contributed by atoms with Gasteiger partial charge >= 0.3 is 5.97 Å². The number of aliphatic imine (C=N–C) groups is 1. The molecule has 2 aliphatic rings. The Kier molecular flexibility index (Phi) is 3.34. The lowest BCUT2D eigenvalue weighted by Crippen LogP contribution is -2.54. The van der Waals surface area contributed by atoms with E-state index in [0.717, 1.165) is 40.0 Å². The number of hydrogen-bond donors (Lipinski definition) is 2. The minimum absolute atomic E-state index is 0.323. The maximum absolute atomic E-state index is 13.2. The summed E-state index contributed by atoms with van der Waals surface area (Å²) in [5, 5.41) is 4.67. The lowest BCUT2D eigenvalue weighted by Gasteiger charge is -2.29. The molecule has 1 unspecified atom stereocenters. The van der Waals surface area contributed by atoms with Crippen LogP contribution in [0.15, 0.2) is 41.4 Å². The van der Waals surface area contributed by atoms with Gasteiger partial charge in [0.1, 0.15) is 5.71 Å². The predicted octanol–water partition coefficient (Wildman–Crippen LogP) is 3.43. The minimum Gasteiger partial charge on any atom is -0.467 e. The summed E-state index contributed by atoms with van der Waals surface area (Å²) >= 11 is 0. The molecule has 2 N–H and O–H groups in total. The number of H-pyrrole nitrogens is 1. The van der Waals surface area contributed by atoms with Crippen LogP contribution in [0.1, 0.15) is 27.9 Å². The Labute approximate surface area is 157 Å². The zero-order valence-electron chi connectivity index (χ0n) is 15.6. The Morgan fingerprint density at radius 2 is 2.04 bits per heavy atom. The van der Waals surface area contributed by atoms with Gasteiger partial charge in [-0.3, -0.25) is 5.32 Å². The third-order valence-electron chi connectivity index (χ3n) is 5.73. The molecule has 1 atom stereocenters. The van der Waals surface area contributed by atoms with Crippen LogP contribution in [0.5, 0.6) is 0 Å². The maximum Gasteiger partial charge on any atom is 0.337 e. The number of aromatic amines is 1. The monoisotopic (exact) mass is 359 g/mol. The molecular formula is C22H21N3O2. The number of para-hydroxylation sites is 1. The Hall–Kier alpha value is -2.92. The average molecular weight is 359 g/mol. The number of hydrogen-bond acceptors (Lipinski definition) is 4. The Bertz CT molecular complexity index is 1140. The van der Waals surface area contributed by atoms with E-state index >= 15 is 0 Å². The molecule has 0 amide bonds. The summed E-state index contributed by atoms with van der Waals surface area (Å²) in [6, 6.07) is 12.4. The van der Waals surface area contributed by atoms with Gasteiger partial charge in [-0.15, -0.1) is 0 Å². The van der Waals surface area contributed by atoms with Crippen LogP contribution >= 0.6 is 0 Å². The number of benzene rings is 2. The lowest BCUT2D eigenvalue weighted by molar-refractivity contribution is -0.145. The highest BCUT2D eigenvalue weighted by Crippen LogP contribution is 2.46. The number of methoxy groups -OCH3 is 1. The van der Waals surface area contributed by atoms with Gasteiger partial charge in [-0.1, -0.05) is 35.9 Å². The van der Waals surface area contributed by atoms with E-state index < -0.39 is 5.54 Å². The number of nitrogens with zero attached hydrogens (tertiary/aromatic N) is 1. The summed E-state index contributed by atoms with van der Waals surface area (Å²) in [6.45, 7) is 4.74. The topological polar surface area (TPSA) is 66.5 Å². The van der Waals surface area contributed by atoms with Crippen molar-refractivity contribution in [2.75, 3.05) is 13.7 Å². The predicted molar refractivity (Wildman–Crippen MR) is 106 cm³/mol. The fraction of sp³-hybridized carbons (Fsp3) is 0.273. The van der Waals surface area contributed by atoms with Crippen molar-refractivity contribution in [2.45, 2.75) is 25.8 Å². The van der Waals surface area contributed by atoms with Crippen LogP contribution in [0.4, 0.5) is 5.69 Å². The highest BCUT2D eigenvalue weighted by Gasteiger charge is 2.53. The smallest absolute Gasteiger partial charge is 0.337 e. The summed E-state index contributed by atoms with van der Waals surface area (Å²) in [7, 11) is 1.44. The van der Waals surface area contributed by atoms with Crippen molar-refractivity contribution in [1.82, 2.24) is 10.3 Å². The van der Waals surface area contributed by atoms with E-state index in [0.29, 0.717) is 12.3 Å². The van der Waals surface area contributed by atoms with Crippen LogP contribution in [0.25, 0.3) is 10.9 Å². The summed E-state index contributed by atoms with van der Waals surface area (Å²) in [5.41, 5.74) is 6.74. The maximum atomic E-state index is 13.2. The zero-order valence-corrected chi connectivity index (χ0v) is 15.6. The number of aromatic nitrogens is 1. The first-order chi connectivity index (χ1) is 13.1. The molecule has 136 valence electrons. The summed E-state index contributed by atoms with van der Waals surface area (Å²) in [6.07, 6.45) is 0.817. The second kappa shape index (κ2) is 5.54. The van der Waals surface area contributed by atoms with E-state index in [1.807, 2.05) is 26.0 Å². The van der Waals surface area contributed by atoms with E-state index in [9.17, 15) is 4.79 Å². The van der Waals surface area contributed by atoms with E-state index in [4.69, 9.17) is 9.73 Å². The molecular weight excluding hydrogens is 338 g/mol. The molecule has 0 bridgehead atoms. The molecule has 5 rings (SSSR count). The number of ether oxygens (including phenoxy) is 1. The standard InChI is InChI=1S/C22H21N3O2/c1-12-10-13(2)18-16(11-12)22(21(26)27-3)20(25-18)19-15(8-9-23-22)14-6-4-5-7-17(14)24-19/h4-7,10-11,23-24H,8-9H2,1-3H3. The molecule has 0 saturated carbocycles. The van der Waals surface area contributed by atoms with E-state index in [1.165, 1.54) is 18.1 Å². The van der Waals surface area contributed by atoms with Gasteiger partial charge in [0.2, 0.25) is 0 Å². The first-order valence-electron chi connectivity index (χ1n) is 9.20. The van der Waals surface area contributed by atoms with E-state index in [-0.39, 0.29) is 5.97 Å². The molecule has 0 aliphatic carbocycles. The van der Waals surface area contributed by atoms with Gasteiger partial charge in [0, 0.05) is 23.0 Å². The van der Waals surface area contributed by atoms with Crippen molar-refractivity contribution in [3.05, 3.63) is 64.3 Å². The molecule has 0 saturated heterocycles. The van der Waals surface area contributed by atoms with E-state index in [2.05, 4.69) is 34.6 Å². The van der Waals surface area contributed by atoms with E-state index in [1.54, 1.807) is 0 Å². The Balaban J connectivity index is 1.87. The van der Waals surface area contributed by atoms with Crippen LogP contribution in [0.3, 0.4) is 0 Å². The van der Waals surface area contributed by atoms with Crippen molar-refractivity contribution in [1.29, 1.82) is 0 Å². The molecule has 3 aromatic rings. The van der Waals surface area contributed by atoms with Crippen molar-refractivity contribution >= 4 is 28.3 Å². The van der Waals surface area contributed by atoms with Crippen LogP contribution in [-0.4, -0.2) is 30.3 Å². The third-order valence-corrected chi connectivity index (χ3v) is 5.73. The SMILES string of the molecule is COC(=O)C12NCCc3c([nH]c4ccccc34)C1=Nc1c(C)cc(C)cc12. The number of esters is 1. The highest BCUT2D eigenvalue weighted by atomic mass is 16.5. The van der Waals surface area contributed by atoms with Gasteiger partial charge < -0.3 is 9.72 Å². The van der Waals surface area contributed by atoms with Crippen molar-refractivity contribution in [3.63, 3.8) is 0 Å². The highest BCUT2D eigenvalue weighted by molar-refractivity contribution is 6.24. The summed E-state index contributed by atoms with van der Waals surface area (Å²) in [5.74, 6) is -0.323. The first kappa shape index (κ1) is 16.3. The van der Waals surface area contributed by atoms with Gasteiger partial charge in [-0.25, -0.2) is 9.79 Å². The second-order valence-electron chi connectivity index (χ2n) is 7.38. The molecule has 1 aromatic heterocycles. The Morgan fingerprint density at radius 3 is 2.85 bits per heavy atom. The number of fused-ring (bicyclic) bond motifs is 7. The van der Waals surface area contributed by atoms with Crippen LogP contribution in [0.2, 0.25) is 0 Å². The molecule has 0 spiro atoms. The molecule has 5 nitrogen and oxygen atoms in total. The van der Waals surface area contributed by atoms with Gasteiger partial charge in [-0.2, -0.15) is 0 Å². The first-order valence-corrected chi connectivity index (χ1v) is 9.20. The molecule has 27 heavy (non-hydrogen) atoms. The van der Waals surface area contributed by atoms with Gasteiger partial charge in [0.25, 0.3) is 0 Å². The molecule has 3 heterocycles. The molecule has 2 aromatic carbocycles. The molecule has 0 radical (unpaired) electrons. The molecule has 0 fully saturated rings. The zero-order chi connectivity index (χ0) is 18.8. The molecule has 2 aliphatic heterocycles. The number of aryl methyl sites for hydroxylation is 2. The summed E-state index contributed by atoms with van der Waals surface area (Å²) < 4.78 is 5.28. The van der Waals surface area contributed by atoms with Crippen LogP contribution in [-0.2, 0) is 21.5 Å². The normalized spacial score (nSPS) is 20.5. The van der Waals surface area contributed by atoms with Crippen LogP contribution in [0, 0.1) is 13.8 Å². The fourth-order valence-electron chi connectivity index (χ4n) is 4.61. The van der Waals surface area contributed by atoms with Gasteiger partial charge in [0.15, 0.2) is 5.54 Å². The fourth-order valence-corrected chi connectivity index (χ4v) is 4.61. The number of carbonyl (C=O) groups is 1. The van der Waals surface area contributed by atoms with Gasteiger partial charge in [-0.05, 0) is 37.5 Å². The lowest BCUT2D eigenvalue weighted by atomic mass is 9.83. The van der Waals surface area contributed by atoms with Crippen molar-refractivity contribution < 1.29 is 9.53 Å². The van der Waals surface area contributed by atoms with Crippen molar-refractivity contribution in [2.24, 2.45) is 4.99 Å². The third kappa shape index (κ3) is 2.03. The minimum atomic E-state index is -1.08. The quantitative estimate of drug-likeness (QED) is 0.654. The number of rotatable bonds is 1. The van der Waals surface area contributed by atoms with Gasteiger partial charge in [0.05, 0.1) is 18.5 Å². The number of nitrogens with one attached hydrogen (secondary N) is 2. The molecule has 5 heteroatoms. The summed E-state index contributed by atoms with van der Waals surface area (Å²) in [4.78, 5) is 21.6. The average Bonchev–Trinajstić information content (AvgIpc) is 3.13.